The standard InChI is InChI=1S/C8H4BrIN2O2/c9-4-1-3(8(13)14)2-5-6(4)7(10)12-11-5/h1-2H,(H,11,12)(H,13,14). The molecule has 6 heteroatoms. The maximum Gasteiger partial charge on any atom is 0.335 e. The fourth-order valence-electron chi connectivity index (χ4n) is 1.19. The van der Waals surface area contributed by atoms with Crippen LogP contribution in [-0.2, 0) is 0 Å². The minimum atomic E-state index is -0.953. The maximum atomic E-state index is 10.7. The molecule has 72 valence electrons. The highest BCUT2D eigenvalue weighted by molar-refractivity contribution is 14.1. The average Bonchev–Trinajstić information content (AvgIpc) is 2.48. The van der Waals surface area contributed by atoms with Gasteiger partial charge in [-0.05, 0) is 50.7 Å². The first-order valence-corrected chi connectivity index (χ1v) is 5.53. The number of carbonyl (C=O) groups is 1. The van der Waals surface area contributed by atoms with Gasteiger partial charge in [-0.3, -0.25) is 5.10 Å². The third kappa shape index (κ3) is 1.52. The fourth-order valence-corrected chi connectivity index (χ4v) is 2.89. The molecule has 14 heavy (non-hydrogen) atoms. The molecule has 1 aromatic heterocycles. The number of hydrogen-bond acceptors (Lipinski definition) is 2. The van der Waals surface area contributed by atoms with Crippen LogP contribution in [0, 0.1) is 3.70 Å². The molecular weight excluding hydrogens is 363 g/mol. The molecule has 0 radical (unpaired) electrons. The van der Waals surface area contributed by atoms with Gasteiger partial charge in [-0.25, -0.2) is 4.79 Å². The molecule has 0 atom stereocenters. The normalized spacial score (nSPS) is 10.7. The minimum absolute atomic E-state index is 0.229. The molecule has 0 unspecified atom stereocenters. The minimum Gasteiger partial charge on any atom is -0.478 e. The molecule has 0 aliphatic heterocycles. The number of hydrogen-bond donors (Lipinski definition) is 2. The van der Waals surface area contributed by atoms with Crippen molar-refractivity contribution in [2.75, 3.05) is 0 Å². The van der Waals surface area contributed by atoms with Crippen LogP contribution in [0.4, 0.5) is 0 Å². The topological polar surface area (TPSA) is 66.0 Å². The van der Waals surface area contributed by atoms with Crippen LogP contribution in [-0.4, -0.2) is 21.3 Å². The van der Waals surface area contributed by atoms with Gasteiger partial charge >= 0.3 is 5.97 Å². The van der Waals surface area contributed by atoms with Crippen molar-refractivity contribution in [1.29, 1.82) is 0 Å². The van der Waals surface area contributed by atoms with Crippen LogP contribution in [0.2, 0.25) is 0 Å². The second-order valence-corrected chi connectivity index (χ2v) is 4.63. The van der Waals surface area contributed by atoms with E-state index in [9.17, 15) is 4.79 Å². The van der Waals surface area contributed by atoms with E-state index in [0.717, 1.165) is 13.6 Å². The number of H-pyrrole nitrogens is 1. The Balaban J connectivity index is 2.80. The molecule has 0 saturated carbocycles. The molecule has 1 heterocycles. The van der Waals surface area contributed by atoms with Crippen LogP contribution in [0.25, 0.3) is 10.9 Å². The summed E-state index contributed by atoms with van der Waals surface area (Å²) in [6.07, 6.45) is 0. The fraction of sp³-hybridized carbons (Fsp3) is 0. The molecular formula is C8H4BrIN2O2. The highest BCUT2D eigenvalue weighted by Gasteiger charge is 2.11. The van der Waals surface area contributed by atoms with Crippen LogP contribution in [0.5, 0.6) is 0 Å². The van der Waals surface area contributed by atoms with Crippen LogP contribution in [0.1, 0.15) is 10.4 Å². The van der Waals surface area contributed by atoms with Crippen LogP contribution < -0.4 is 0 Å². The van der Waals surface area contributed by atoms with E-state index in [4.69, 9.17) is 5.11 Å². The lowest BCUT2D eigenvalue weighted by Crippen LogP contribution is -1.95. The molecule has 2 rings (SSSR count). The van der Waals surface area contributed by atoms with E-state index in [-0.39, 0.29) is 5.56 Å². The van der Waals surface area contributed by atoms with E-state index in [1.165, 1.54) is 0 Å². The van der Waals surface area contributed by atoms with Gasteiger partial charge in [-0.2, -0.15) is 5.10 Å². The van der Waals surface area contributed by atoms with Crippen LogP contribution in [0.3, 0.4) is 0 Å². The Hall–Kier alpha value is -0.630. The number of nitrogens with one attached hydrogen (secondary N) is 1. The first-order chi connectivity index (χ1) is 6.59. The van der Waals surface area contributed by atoms with Crippen LogP contribution >= 0.6 is 38.5 Å². The van der Waals surface area contributed by atoms with E-state index < -0.39 is 5.97 Å². The maximum absolute atomic E-state index is 10.7. The predicted molar refractivity (Wildman–Crippen MR) is 63.5 cm³/mol. The third-order valence-electron chi connectivity index (χ3n) is 1.81. The van der Waals surface area contributed by atoms with Gasteiger partial charge < -0.3 is 5.11 Å². The van der Waals surface area contributed by atoms with Crippen molar-refractivity contribution in [2.45, 2.75) is 0 Å². The van der Waals surface area contributed by atoms with Crippen molar-refractivity contribution < 1.29 is 9.90 Å². The number of aromatic carboxylic acids is 1. The van der Waals surface area contributed by atoms with Crippen molar-refractivity contribution >= 4 is 55.4 Å². The lowest BCUT2D eigenvalue weighted by Gasteiger charge is -1.97. The van der Waals surface area contributed by atoms with Gasteiger partial charge in [0.25, 0.3) is 0 Å². The number of fused-ring (bicyclic) bond motifs is 1. The predicted octanol–water partition coefficient (Wildman–Crippen LogP) is 2.63. The average molecular weight is 367 g/mol. The lowest BCUT2D eigenvalue weighted by molar-refractivity contribution is 0.0697. The number of rotatable bonds is 1. The van der Waals surface area contributed by atoms with Gasteiger partial charge in [-0.15, -0.1) is 0 Å². The number of aromatic amines is 1. The van der Waals surface area contributed by atoms with Crippen molar-refractivity contribution in [3.8, 4) is 0 Å². The summed E-state index contributed by atoms with van der Waals surface area (Å²) in [5, 5.41) is 16.5. The summed E-state index contributed by atoms with van der Waals surface area (Å²) >= 11 is 5.43. The van der Waals surface area contributed by atoms with Gasteiger partial charge in [0.15, 0.2) is 0 Å². The second kappa shape index (κ2) is 3.50. The Morgan fingerprint density at radius 3 is 2.93 bits per heavy atom. The number of benzene rings is 1. The molecule has 2 aromatic rings. The van der Waals surface area contributed by atoms with Crippen molar-refractivity contribution in [3.05, 3.63) is 25.9 Å². The summed E-state index contributed by atoms with van der Waals surface area (Å²) in [5.74, 6) is -0.953. The van der Waals surface area contributed by atoms with Crippen molar-refractivity contribution in [1.82, 2.24) is 10.2 Å². The molecule has 0 amide bonds. The molecule has 0 aliphatic carbocycles. The zero-order valence-corrected chi connectivity index (χ0v) is 10.5. The molecule has 2 N–H and O–H groups in total. The van der Waals surface area contributed by atoms with Gasteiger partial charge in [0.05, 0.1) is 11.1 Å². The zero-order chi connectivity index (χ0) is 10.3. The van der Waals surface area contributed by atoms with E-state index in [2.05, 4.69) is 48.7 Å². The first-order valence-electron chi connectivity index (χ1n) is 3.66. The third-order valence-corrected chi connectivity index (χ3v) is 3.22. The number of carboxylic acids is 1. The van der Waals surface area contributed by atoms with E-state index in [0.29, 0.717) is 5.52 Å². The van der Waals surface area contributed by atoms with E-state index in [1.807, 2.05) is 0 Å². The highest BCUT2D eigenvalue weighted by Crippen LogP contribution is 2.28. The highest BCUT2D eigenvalue weighted by atomic mass is 127. The van der Waals surface area contributed by atoms with Crippen LogP contribution in [0.15, 0.2) is 16.6 Å². The van der Waals surface area contributed by atoms with Gasteiger partial charge in [0.2, 0.25) is 0 Å². The second-order valence-electron chi connectivity index (χ2n) is 2.69. The summed E-state index contributed by atoms with van der Waals surface area (Å²) in [7, 11) is 0. The van der Waals surface area contributed by atoms with Crippen molar-refractivity contribution in [3.63, 3.8) is 0 Å². The summed E-state index contributed by atoms with van der Waals surface area (Å²) in [4.78, 5) is 10.7. The van der Waals surface area contributed by atoms with Crippen molar-refractivity contribution in [2.24, 2.45) is 0 Å². The SMILES string of the molecule is O=C(O)c1cc(Br)c2c(I)[nH]nc2c1. The molecule has 0 spiro atoms. The summed E-state index contributed by atoms with van der Waals surface area (Å²) in [6.45, 7) is 0. The molecule has 0 fully saturated rings. The Labute approximate surface area is 101 Å². The number of halogens is 2. The lowest BCUT2D eigenvalue weighted by atomic mass is 10.2. The number of nitrogens with zero attached hydrogens (tertiary/aromatic N) is 1. The summed E-state index contributed by atoms with van der Waals surface area (Å²) < 4.78 is 1.63. The zero-order valence-electron chi connectivity index (χ0n) is 6.71. The first kappa shape index (κ1) is 9.91. The van der Waals surface area contributed by atoms with Gasteiger partial charge in [0.1, 0.15) is 3.70 Å². The molecule has 1 aromatic carbocycles. The Bertz CT molecular complexity index is 523. The number of aromatic nitrogens is 2. The quantitative estimate of drug-likeness (QED) is 0.762. The molecule has 0 bridgehead atoms. The smallest absolute Gasteiger partial charge is 0.335 e. The largest absolute Gasteiger partial charge is 0.478 e. The molecule has 0 saturated heterocycles. The van der Waals surface area contributed by atoms with E-state index in [1.54, 1.807) is 12.1 Å². The Kier molecular flexibility index (Phi) is 2.48. The molecule has 4 nitrogen and oxygen atoms in total. The Morgan fingerprint density at radius 1 is 1.57 bits per heavy atom. The van der Waals surface area contributed by atoms with Gasteiger partial charge in [0, 0.05) is 9.86 Å². The van der Waals surface area contributed by atoms with Gasteiger partial charge in [-0.1, -0.05) is 0 Å². The summed E-state index contributed by atoms with van der Waals surface area (Å²) in [6, 6.07) is 3.11. The molecule has 0 aliphatic rings. The monoisotopic (exact) mass is 366 g/mol. The Morgan fingerprint density at radius 2 is 2.29 bits per heavy atom. The number of carboxylic acid groups (broad SMARTS) is 1. The van der Waals surface area contributed by atoms with E-state index >= 15 is 0 Å². The summed E-state index contributed by atoms with van der Waals surface area (Å²) in [5.41, 5.74) is 0.883.